The van der Waals surface area contributed by atoms with Crippen LogP contribution in [-0.2, 0) is 33.6 Å². The Morgan fingerprint density at radius 2 is 1.02 bits per heavy atom. The summed E-state index contributed by atoms with van der Waals surface area (Å²) in [5, 5.41) is 45.8. The lowest BCUT2D eigenvalue weighted by atomic mass is 10.1. The number of nitrogens with zero attached hydrogens (tertiary/aromatic N) is 4. The predicted octanol–water partition coefficient (Wildman–Crippen LogP) is -2.73. The molecule has 0 aromatic rings. The van der Waals surface area contributed by atoms with Gasteiger partial charge in [0.1, 0.15) is 11.8 Å². The van der Waals surface area contributed by atoms with Crippen LogP contribution in [0.4, 0.5) is 0 Å². The average molecular weight is 674 g/mol. The molecule has 2 unspecified atom stereocenters. The van der Waals surface area contributed by atoms with E-state index in [9.17, 15) is 54.0 Å². The van der Waals surface area contributed by atoms with Gasteiger partial charge in [0.25, 0.3) is 0 Å². The smallest absolute Gasteiger partial charge is 0.326 e. The Hall–Kier alpha value is -3.71. The molecule has 1 heterocycles. The number of ketones is 1. The van der Waals surface area contributed by atoms with Crippen LogP contribution in [-0.4, -0.2) is 186 Å². The fourth-order valence-electron chi connectivity index (χ4n) is 5.10. The summed E-state index contributed by atoms with van der Waals surface area (Å²) in [5.74, 6) is -5.50. The monoisotopic (exact) mass is 673 g/mol. The third kappa shape index (κ3) is 19.5. The van der Waals surface area contributed by atoms with Gasteiger partial charge < -0.3 is 36.4 Å². The van der Waals surface area contributed by atoms with Crippen molar-refractivity contribution < 1.29 is 54.0 Å². The maximum atomic E-state index is 13.0. The normalized spacial score (nSPS) is 17.4. The minimum Gasteiger partial charge on any atom is -0.480 e. The van der Waals surface area contributed by atoms with Crippen LogP contribution in [0.25, 0.3) is 0 Å². The highest BCUT2D eigenvalue weighted by atomic mass is 16.4. The fraction of sp³-hybridized carbons (Fsp3) is 0.759. The first-order valence-electron chi connectivity index (χ1n) is 15.7. The number of nitrogens with one attached hydrogen (secondary N) is 3. The summed E-state index contributed by atoms with van der Waals surface area (Å²) in [5.41, 5.74) is 0. The van der Waals surface area contributed by atoms with E-state index in [1.807, 2.05) is 0 Å². The van der Waals surface area contributed by atoms with Crippen molar-refractivity contribution in [1.29, 1.82) is 0 Å². The van der Waals surface area contributed by atoms with Crippen LogP contribution in [0.15, 0.2) is 0 Å². The van der Waals surface area contributed by atoms with Crippen LogP contribution >= 0.6 is 0 Å². The van der Waals surface area contributed by atoms with E-state index in [1.54, 1.807) is 26.6 Å². The molecule has 0 saturated carbocycles. The van der Waals surface area contributed by atoms with Crippen LogP contribution in [0, 0.1) is 0 Å². The fourth-order valence-corrected chi connectivity index (χ4v) is 5.10. The second kappa shape index (κ2) is 22.8. The number of Topliss-reactive ketones (excluding diaryl/α,β-unsaturated/α-hetero) is 1. The van der Waals surface area contributed by atoms with Gasteiger partial charge in [0.15, 0.2) is 0 Å². The number of rotatable bonds is 20. The molecule has 18 heteroatoms. The molecule has 18 nitrogen and oxygen atoms in total. The number of carboxylic acids is 4. The van der Waals surface area contributed by atoms with Crippen molar-refractivity contribution in [3.05, 3.63) is 0 Å². The Kier molecular flexibility index (Phi) is 20.0. The SMILES string of the molecule is CNC(CCCCNC(=O)CCC(NC(=O)CN1CCN(CC(=O)O)CCN(CC(=O)O)CCN(CC(=O)O)CC1)C(=O)O)C(C)=O. The summed E-state index contributed by atoms with van der Waals surface area (Å²) >= 11 is 0. The highest BCUT2D eigenvalue weighted by molar-refractivity contribution is 5.85. The number of carbonyl (C=O) groups excluding carboxylic acids is 3. The van der Waals surface area contributed by atoms with Crippen molar-refractivity contribution in [1.82, 2.24) is 35.6 Å². The summed E-state index contributed by atoms with van der Waals surface area (Å²) in [4.78, 5) is 89.4. The first kappa shape index (κ1) is 41.3. The molecule has 0 radical (unpaired) electrons. The Balaban J connectivity index is 2.79. The van der Waals surface area contributed by atoms with Gasteiger partial charge in [-0.1, -0.05) is 0 Å². The Labute approximate surface area is 274 Å². The lowest BCUT2D eigenvalue weighted by Gasteiger charge is -2.33. The zero-order valence-corrected chi connectivity index (χ0v) is 27.3. The molecule has 1 fully saturated rings. The second-order valence-corrected chi connectivity index (χ2v) is 11.6. The molecule has 0 bridgehead atoms. The summed E-state index contributed by atoms with van der Waals surface area (Å²) in [6, 6.07) is -1.57. The molecule has 268 valence electrons. The minimum atomic E-state index is -1.33. The molecule has 47 heavy (non-hydrogen) atoms. The van der Waals surface area contributed by atoms with E-state index in [1.165, 1.54) is 6.92 Å². The predicted molar refractivity (Wildman–Crippen MR) is 168 cm³/mol. The van der Waals surface area contributed by atoms with Gasteiger partial charge in [0.2, 0.25) is 11.8 Å². The van der Waals surface area contributed by atoms with E-state index in [4.69, 9.17) is 0 Å². The molecule has 0 aromatic heterocycles. The average Bonchev–Trinajstić information content (AvgIpc) is 2.97. The van der Waals surface area contributed by atoms with Crippen LogP contribution in [0.1, 0.15) is 39.0 Å². The standard InChI is InChI=1S/C29H51N7O11/c1-21(37)22(30-2)5-3-4-8-31-24(38)7-6-23(29(46)47)32-25(39)17-33-9-11-34(18-26(40)41)13-15-36(20-28(44)45)16-14-35(12-10-33)19-27(42)43/h22-23,30H,3-20H2,1-2H3,(H,31,38)(H,32,39)(H,40,41)(H,42,43)(H,44,45)(H,46,47). The lowest BCUT2D eigenvalue weighted by Crippen LogP contribution is -2.51. The molecule has 1 aliphatic heterocycles. The quantitative estimate of drug-likeness (QED) is 0.0648. The van der Waals surface area contributed by atoms with Gasteiger partial charge in [-0.25, -0.2) is 4.79 Å². The molecular weight excluding hydrogens is 622 g/mol. The molecule has 7 N–H and O–H groups in total. The van der Waals surface area contributed by atoms with Gasteiger partial charge in [0.05, 0.1) is 32.2 Å². The molecule has 1 saturated heterocycles. The van der Waals surface area contributed by atoms with E-state index in [0.29, 0.717) is 25.8 Å². The zero-order chi connectivity index (χ0) is 35.4. The molecule has 2 atom stereocenters. The summed E-state index contributed by atoms with van der Waals surface area (Å²) in [7, 11) is 1.71. The molecule has 0 aromatic carbocycles. The van der Waals surface area contributed by atoms with E-state index < -0.39 is 35.8 Å². The summed E-state index contributed by atoms with van der Waals surface area (Å²) < 4.78 is 0. The van der Waals surface area contributed by atoms with E-state index in [2.05, 4.69) is 16.0 Å². The highest BCUT2D eigenvalue weighted by Gasteiger charge is 2.24. The first-order chi connectivity index (χ1) is 22.2. The van der Waals surface area contributed by atoms with Gasteiger partial charge in [-0.05, 0) is 39.7 Å². The Bertz CT molecular complexity index is 1030. The number of amides is 2. The van der Waals surface area contributed by atoms with Crippen LogP contribution < -0.4 is 16.0 Å². The summed E-state index contributed by atoms with van der Waals surface area (Å²) in [6.45, 7) is 2.38. The number of carbonyl (C=O) groups is 7. The van der Waals surface area contributed by atoms with Gasteiger partial charge in [-0.15, -0.1) is 0 Å². The van der Waals surface area contributed by atoms with Crippen LogP contribution in [0.3, 0.4) is 0 Å². The molecular formula is C29H51N7O11. The largest absolute Gasteiger partial charge is 0.480 e. The third-order valence-electron chi connectivity index (χ3n) is 7.75. The van der Waals surface area contributed by atoms with Gasteiger partial charge in [0, 0.05) is 65.3 Å². The molecule has 0 spiro atoms. The topological polar surface area (TPSA) is 249 Å². The molecule has 2 amide bonds. The molecule has 1 rings (SSSR count). The van der Waals surface area contributed by atoms with Crippen LogP contribution in [0.2, 0.25) is 0 Å². The van der Waals surface area contributed by atoms with Gasteiger partial charge in [-0.2, -0.15) is 0 Å². The van der Waals surface area contributed by atoms with Crippen molar-refractivity contribution in [2.24, 2.45) is 0 Å². The first-order valence-corrected chi connectivity index (χ1v) is 15.7. The minimum absolute atomic E-state index is 0.0350. The number of carboxylic acid groups (broad SMARTS) is 4. The number of hydrogen-bond acceptors (Lipinski definition) is 12. The lowest BCUT2D eigenvalue weighted by molar-refractivity contribution is -0.142. The maximum absolute atomic E-state index is 13.0. The molecule has 1 aliphatic rings. The van der Waals surface area contributed by atoms with Crippen LogP contribution in [0.5, 0.6) is 0 Å². The third-order valence-corrected chi connectivity index (χ3v) is 7.75. The van der Waals surface area contributed by atoms with E-state index in [0.717, 1.165) is 0 Å². The van der Waals surface area contributed by atoms with E-state index >= 15 is 0 Å². The number of likely N-dealkylation sites (N-methyl/N-ethyl adjacent to an activating group) is 1. The zero-order valence-electron chi connectivity index (χ0n) is 27.3. The van der Waals surface area contributed by atoms with Crippen molar-refractivity contribution in [2.75, 3.05) is 92.1 Å². The second-order valence-electron chi connectivity index (χ2n) is 11.6. The highest BCUT2D eigenvalue weighted by Crippen LogP contribution is 2.04. The summed E-state index contributed by atoms with van der Waals surface area (Å²) in [6.07, 6.45) is 1.69. The maximum Gasteiger partial charge on any atom is 0.326 e. The number of unbranched alkanes of at least 4 members (excludes halogenated alkanes) is 1. The Morgan fingerprint density at radius 3 is 1.38 bits per heavy atom. The Morgan fingerprint density at radius 1 is 0.596 bits per heavy atom. The van der Waals surface area contributed by atoms with Crippen molar-refractivity contribution >= 4 is 41.5 Å². The van der Waals surface area contributed by atoms with Crippen molar-refractivity contribution in [3.63, 3.8) is 0 Å². The van der Waals surface area contributed by atoms with Crippen molar-refractivity contribution in [2.45, 2.75) is 51.1 Å². The van der Waals surface area contributed by atoms with Crippen molar-refractivity contribution in [3.8, 4) is 0 Å². The van der Waals surface area contributed by atoms with E-state index in [-0.39, 0.29) is 109 Å². The number of aliphatic carboxylic acids is 4. The number of hydrogen-bond donors (Lipinski definition) is 7. The van der Waals surface area contributed by atoms with Gasteiger partial charge in [-0.3, -0.25) is 48.4 Å². The van der Waals surface area contributed by atoms with Gasteiger partial charge >= 0.3 is 23.9 Å². The molecule has 0 aliphatic carbocycles.